The summed E-state index contributed by atoms with van der Waals surface area (Å²) < 4.78 is 8.87. The number of nitrogens with zero attached hydrogens (tertiary/aromatic N) is 6. The summed E-state index contributed by atoms with van der Waals surface area (Å²) in [7, 11) is 1.82. The van der Waals surface area contributed by atoms with Gasteiger partial charge in [0.2, 0.25) is 5.56 Å². The Hall–Kier alpha value is -3.77. The minimum Gasteiger partial charge on any atom is -0.459 e. The Kier molecular flexibility index (Phi) is 14.0. The number of rotatable bonds is 10. The zero-order valence-electron chi connectivity index (χ0n) is 31.3. The fourth-order valence-corrected chi connectivity index (χ4v) is 6.16. The van der Waals surface area contributed by atoms with Gasteiger partial charge in [0.15, 0.2) is 0 Å². The first-order valence-corrected chi connectivity index (χ1v) is 17.8. The number of esters is 1. The molecule has 1 saturated heterocycles. The van der Waals surface area contributed by atoms with Crippen molar-refractivity contribution in [1.29, 1.82) is 0 Å². The van der Waals surface area contributed by atoms with E-state index in [9.17, 15) is 14.4 Å². The second kappa shape index (κ2) is 17.9. The Labute approximate surface area is 297 Å². The third-order valence-corrected chi connectivity index (χ3v) is 8.65. The Balaban J connectivity index is 1.59. The van der Waals surface area contributed by atoms with Crippen LogP contribution in [0.4, 0.5) is 0 Å². The van der Waals surface area contributed by atoms with E-state index in [4.69, 9.17) is 9.57 Å². The summed E-state index contributed by atoms with van der Waals surface area (Å²) in [5.74, 6) is -0.254. The van der Waals surface area contributed by atoms with E-state index in [0.717, 1.165) is 56.2 Å². The summed E-state index contributed by atoms with van der Waals surface area (Å²) in [6, 6.07) is 20.5. The second-order valence-corrected chi connectivity index (χ2v) is 15.6. The molecule has 1 fully saturated rings. The van der Waals surface area contributed by atoms with Gasteiger partial charge in [0.1, 0.15) is 12.2 Å². The summed E-state index contributed by atoms with van der Waals surface area (Å²) in [4.78, 5) is 54.1. The highest BCUT2D eigenvalue weighted by atomic mass is 16.7. The van der Waals surface area contributed by atoms with Crippen LogP contribution in [0.15, 0.2) is 76.3 Å². The second-order valence-electron chi connectivity index (χ2n) is 15.6. The van der Waals surface area contributed by atoms with E-state index in [1.54, 1.807) is 16.7 Å². The molecule has 11 heteroatoms. The van der Waals surface area contributed by atoms with E-state index >= 15 is 0 Å². The minimum atomic E-state index is -0.576. The van der Waals surface area contributed by atoms with Gasteiger partial charge in [-0.25, -0.2) is 0 Å². The summed E-state index contributed by atoms with van der Waals surface area (Å²) in [5, 5.41) is 0. The quantitative estimate of drug-likeness (QED) is 0.297. The van der Waals surface area contributed by atoms with Crippen molar-refractivity contribution in [2.75, 3.05) is 65.4 Å². The van der Waals surface area contributed by atoms with Crippen LogP contribution >= 0.6 is 0 Å². The Morgan fingerprint density at radius 2 is 1.16 bits per heavy atom. The molecule has 2 aromatic heterocycles. The van der Waals surface area contributed by atoms with Gasteiger partial charge in [0.25, 0.3) is 5.56 Å². The van der Waals surface area contributed by atoms with Crippen LogP contribution in [0.2, 0.25) is 0 Å². The van der Waals surface area contributed by atoms with Crippen molar-refractivity contribution in [2.45, 2.75) is 66.8 Å². The molecule has 0 aliphatic carbocycles. The molecule has 0 radical (unpaired) electrons. The molecule has 1 aromatic carbocycles. The highest BCUT2D eigenvalue weighted by Crippen LogP contribution is 2.17. The fourth-order valence-electron chi connectivity index (χ4n) is 6.16. The normalized spacial score (nSPS) is 16.8. The first-order valence-electron chi connectivity index (χ1n) is 17.8. The molecule has 1 aliphatic rings. The molecule has 274 valence electrons. The van der Waals surface area contributed by atoms with Gasteiger partial charge in [-0.05, 0) is 43.9 Å². The van der Waals surface area contributed by atoms with Gasteiger partial charge in [-0.2, -0.15) is 0 Å². The van der Waals surface area contributed by atoms with E-state index in [2.05, 4.69) is 40.4 Å². The van der Waals surface area contributed by atoms with E-state index in [-0.39, 0.29) is 35.7 Å². The van der Waals surface area contributed by atoms with Crippen LogP contribution in [0, 0.1) is 5.41 Å². The van der Waals surface area contributed by atoms with Crippen LogP contribution in [0.1, 0.15) is 58.5 Å². The Morgan fingerprint density at radius 3 is 1.74 bits per heavy atom. The molecule has 1 aliphatic heterocycles. The SMILES string of the molecule is Cn1c(CN2CCN(CC(=O)OC(C)(C)C)CCN(Cc3cccc(=O)n3OCc3ccccc3)CCN(CC(C)(C)C)CC2)cccc1=O. The topological polar surface area (TPSA) is 92.5 Å². The lowest BCUT2D eigenvalue weighted by molar-refractivity contribution is -0.156. The number of carbonyl (C=O) groups is 1. The van der Waals surface area contributed by atoms with E-state index in [1.165, 1.54) is 10.8 Å². The molecule has 0 unspecified atom stereocenters. The molecule has 0 bridgehead atoms. The third-order valence-electron chi connectivity index (χ3n) is 8.65. The minimum absolute atomic E-state index is 0.0211. The van der Waals surface area contributed by atoms with Crippen LogP contribution in [0.25, 0.3) is 0 Å². The van der Waals surface area contributed by atoms with Crippen LogP contribution in [-0.2, 0) is 36.3 Å². The molecular weight excluding hydrogens is 632 g/mol. The number of aromatic nitrogens is 2. The van der Waals surface area contributed by atoms with Crippen LogP contribution in [0.5, 0.6) is 0 Å². The van der Waals surface area contributed by atoms with Crippen LogP contribution < -0.4 is 16.0 Å². The average molecular weight is 691 g/mol. The van der Waals surface area contributed by atoms with Gasteiger partial charge in [-0.1, -0.05) is 63.2 Å². The highest BCUT2D eigenvalue weighted by molar-refractivity contribution is 5.72. The lowest BCUT2D eigenvalue weighted by Crippen LogP contribution is -2.48. The monoisotopic (exact) mass is 690 g/mol. The van der Waals surface area contributed by atoms with Crippen molar-refractivity contribution in [3.05, 3.63) is 104 Å². The van der Waals surface area contributed by atoms with Crippen LogP contribution in [-0.4, -0.2) is 106 Å². The molecule has 50 heavy (non-hydrogen) atoms. The molecule has 11 nitrogen and oxygen atoms in total. The molecular formula is C39H58N6O5. The highest BCUT2D eigenvalue weighted by Gasteiger charge is 2.24. The molecule has 0 amide bonds. The van der Waals surface area contributed by atoms with Crippen molar-refractivity contribution < 1.29 is 14.4 Å². The van der Waals surface area contributed by atoms with Crippen molar-refractivity contribution in [3.8, 4) is 0 Å². The van der Waals surface area contributed by atoms with Gasteiger partial charge in [-0.3, -0.25) is 29.1 Å². The zero-order valence-corrected chi connectivity index (χ0v) is 31.3. The average Bonchev–Trinajstić information content (AvgIpc) is 3.03. The number of benzene rings is 1. The molecule has 0 saturated carbocycles. The maximum atomic E-state index is 13.1. The van der Waals surface area contributed by atoms with Crippen molar-refractivity contribution in [1.82, 2.24) is 28.9 Å². The summed E-state index contributed by atoms with van der Waals surface area (Å²) in [6.07, 6.45) is 0. The lowest BCUT2D eigenvalue weighted by atomic mass is 9.96. The first-order chi connectivity index (χ1) is 23.6. The van der Waals surface area contributed by atoms with Gasteiger partial charge in [0.05, 0.1) is 12.2 Å². The van der Waals surface area contributed by atoms with E-state index in [1.807, 2.05) is 76.3 Å². The predicted molar refractivity (Wildman–Crippen MR) is 198 cm³/mol. The predicted octanol–water partition coefficient (Wildman–Crippen LogP) is 3.49. The molecule has 4 rings (SSSR count). The summed E-state index contributed by atoms with van der Waals surface area (Å²) in [6.45, 7) is 21.0. The van der Waals surface area contributed by atoms with Crippen molar-refractivity contribution >= 4 is 5.97 Å². The van der Waals surface area contributed by atoms with Crippen LogP contribution in [0.3, 0.4) is 0 Å². The van der Waals surface area contributed by atoms with Gasteiger partial charge >= 0.3 is 5.97 Å². The van der Waals surface area contributed by atoms with Crippen molar-refractivity contribution in [3.63, 3.8) is 0 Å². The molecule has 0 N–H and O–H groups in total. The number of hydrogen-bond acceptors (Lipinski definition) is 9. The van der Waals surface area contributed by atoms with Gasteiger partial charge in [0, 0.05) is 96.9 Å². The van der Waals surface area contributed by atoms with Crippen molar-refractivity contribution in [2.24, 2.45) is 12.5 Å². The fraction of sp³-hybridized carbons (Fsp3) is 0.564. The third kappa shape index (κ3) is 13.2. The zero-order chi connectivity index (χ0) is 36.3. The van der Waals surface area contributed by atoms with E-state index < -0.39 is 5.60 Å². The number of carbonyl (C=O) groups excluding carboxylic acids is 1. The van der Waals surface area contributed by atoms with Gasteiger partial charge in [-0.15, -0.1) is 4.73 Å². The molecule has 3 aromatic rings. The smallest absolute Gasteiger partial charge is 0.320 e. The largest absolute Gasteiger partial charge is 0.459 e. The standard InChI is InChI=1S/C39H58N6O5/c1-38(2,3)31-44-25-23-41(27-33-15-11-17-35(46)40(33)7)19-21-43(29-37(48)50-39(4,5)6)22-20-42(24-26-44)28-34-16-12-18-36(47)45(34)49-30-32-13-9-8-10-14-32/h8-18H,19-31H2,1-7H3. The Bertz CT molecular complexity index is 1620. The van der Waals surface area contributed by atoms with Gasteiger partial charge < -0.3 is 19.0 Å². The lowest BCUT2D eigenvalue weighted by Gasteiger charge is -2.36. The summed E-state index contributed by atoms with van der Waals surface area (Å²) >= 11 is 0. The Morgan fingerprint density at radius 1 is 0.640 bits per heavy atom. The maximum absolute atomic E-state index is 13.1. The first kappa shape index (κ1) is 39.0. The summed E-state index contributed by atoms with van der Waals surface area (Å²) in [5.41, 5.74) is 2.02. The molecule has 0 atom stereocenters. The number of pyridine rings is 2. The number of ether oxygens (including phenoxy) is 1. The number of hydrogen-bond donors (Lipinski definition) is 0. The molecule has 3 heterocycles. The molecule has 0 spiro atoms. The van der Waals surface area contributed by atoms with E-state index in [0.29, 0.717) is 32.7 Å². The maximum Gasteiger partial charge on any atom is 0.320 e.